The monoisotopic (exact) mass is 204 g/mol. The van der Waals surface area contributed by atoms with Gasteiger partial charge in [-0.25, -0.2) is 4.79 Å². The van der Waals surface area contributed by atoms with Crippen LogP contribution < -0.4 is 0 Å². The van der Waals surface area contributed by atoms with E-state index in [1.54, 1.807) is 6.92 Å². The van der Waals surface area contributed by atoms with E-state index in [-0.39, 0.29) is 24.5 Å². The Bertz CT molecular complexity index is 183. The van der Waals surface area contributed by atoms with Gasteiger partial charge in [0.2, 0.25) is 0 Å². The predicted molar refractivity (Wildman–Crippen MR) is 55.0 cm³/mol. The summed E-state index contributed by atoms with van der Waals surface area (Å²) in [6, 6.07) is 0. The Morgan fingerprint density at radius 1 is 1.31 bits per heavy atom. The quantitative estimate of drug-likeness (QED) is 0.511. The van der Waals surface area contributed by atoms with Gasteiger partial charge in [0.15, 0.2) is 0 Å². The lowest BCUT2D eigenvalue weighted by atomic mass is 9.98. The van der Waals surface area contributed by atoms with Crippen molar-refractivity contribution in [2.75, 3.05) is 0 Å². The molecular weight excluding hydrogens is 188 g/mol. The van der Waals surface area contributed by atoms with Gasteiger partial charge in [-0.1, -0.05) is 13.0 Å². The third-order valence-electron chi connectivity index (χ3n) is 2.17. The maximum absolute atomic E-state index is 11.1. The molecule has 76 valence electrons. The highest BCUT2D eigenvalue weighted by atomic mass is 35.5. The third kappa shape index (κ3) is 4.32. The Labute approximate surface area is 85.8 Å². The second kappa shape index (κ2) is 6.03. The molecule has 1 aliphatic rings. The van der Waals surface area contributed by atoms with Crippen molar-refractivity contribution in [2.45, 2.75) is 45.1 Å². The summed E-state index contributed by atoms with van der Waals surface area (Å²) < 4.78 is 5.21. The summed E-state index contributed by atoms with van der Waals surface area (Å²) in [5.41, 5.74) is 0.501. The van der Waals surface area contributed by atoms with E-state index in [0.717, 1.165) is 12.8 Å². The molecule has 13 heavy (non-hydrogen) atoms. The lowest BCUT2D eigenvalue weighted by molar-refractivity contribution is -0.145. The van der Waals surface area contributed by atoms with Gasteiger partial charge in [-0.2, -0.15) is 0 Å². The number of rotatable bonds is 2. The van der Waals surface area contributed by atoms with Crippen LogP contribution >= 0.6 is 12.4 Å². The molecule has 1 aliphatic carbocycles. The van der Waals surface area contributed by atoms with Gasteiger partial charge in [0.05, 0.1) is 0 Å². The van der Waals surface area contributed by atoms with E-state index in [1.165, 1.54) is 19.3 Å². The molecule has 0 bridgehead atoms. The van der Waals surface area contributed by atoms with Crippen molar-refractivity contribution in [3.63, 3.8) is 0 Å². The molecule has 3 heteroatoms. The Morgan fingerprint density at radius 3 is 2.31 bits per heavy atom. The van der Waals surface area contributed by atoms with E-state index >= 15 is 0 Å². The Morgan fingerprint density at radius 2 is 1.85 bits per heavy atom. The third-order valence-corrected chi connectivity index (χ3v) is 2.17. The number of esters is 1. The fourth-order valence-corrected chi connectivity index (χ4v) is 1.43. The second-order valence-electron chi connectivity index (χ2n) is 3.45. The Hall–Kier alpha value is -0.500. The molecule has 0 aromatic carbocycles. The molecule has 0 amide bonds. The molecule has 0 saturated heterocycles. The highest BCUT2D eigenvalue weighted by Crippen LogP contribution is 2.20. The van der Waals surface area contributed by atoms with Gasteiger partial charge in [-0.15, -0.1) is 12.4 Å². The van der Waals surface area contributed by atoms with Gasteiger partial charge in [-0.05, 0) is 32.6 Å². The highest BCUT2D eigenvalue weighted by molar-refractivity contribution is 5.87. The average molecular weight is 205 g/mol. The van der Waals surface area contributed by atoms with E-state index in [9.17, 15) is 4.79 Å². The van der Waals surface area contributed by atoms with Crippen LogP contribution in [-0.4, -0.2) is 12.1 Å². The van der Waals surface area contributed by atoms with Crippen LogP contribution in [0, 0.1) is 0 Å². The van der Waals surface area contributed by atoms with E-state index in [2.05, 4.69) is 6.58 Å². The molecule has 2 nitrogen and oxygen atoms in total. The number of halogens is 1. The standard InChI is InChI=1S/C10H16O2.ClH/c1-8(2)10(11)12-9-6-4-3-5-7-9;/h9H,1,3-7H2,2H3;1H. The van der Waals surface area contributed by atoms with Gasteiger partial charge in [0, 0.05) is 5.57 Å². The number of hydrogen-bond acceptors (Lipinski definition) is 2. The molecular formula is C10H17ClO2. The molecule has 1 rings (SSSR count). The summed E-state index contributed by atoms with van der Waals surface area (Å²) in [4.78, 5) is 11.1. The summed E-state index contributed by atoms with van der Waals surface area (Å²) in [6.45, 7) is 5.23. The normalized spacial score (nSPS) is 17.3. The molecule has 0 N–H and O–H groups in total. The topological polar surface area (TPSA) is 26.3 Å². The average Bonchev–Trinajstić information content (AvgIpc) is 2.06. The number of carbonyl (C=O) groups is 1. The largest absolute Gasteiger partial charge is 0.459 e. The smallest absolute Gasteiger partial charge is 0.333 e. The van der Waals surface area contributed by atoms with Crippen molar-refractivity contribution in [3.05, 3.63) is 12.2 Å². The summed E-state index contributed by atoms with van der Waals surface area (Å²) in [6.07, 6.45) is 5.87. The van der Waals surface area contributed by atoms with Crippen LogP contribution in [0.15, 0.2) is 12.2 Å². The first-order valence-electron chi connectivity index (χ1n) is 4.56. The maximum atomic E-state index is 11.1. The molecule has 0 heterocycles. The van der Waals surface area contributed by atoms with E-state index in [0.29, 0.717) is 5.57 Å². The molecule has 1 saturated carbocycles. The predicted octanol–water partition coefficient (Wildman–Crippen LogP) is 2.86. The van der Waals surface area contributed by atoms with Crippen LogP contribution in [0.2, 0.25) is 0 Å². The van der Waals surface area contributed by atoms with Gasteiger partial charge < -0.3 is 4.74 Å². The van der Waals surface area contributed by atoms with Crippen LogP contribution in [0.1, 0.15) is 39.0 Å². The van der Waals surface area contributed by atoms with Crippen LogP contribution in [0.4, 0.5) is 0 Å². The Balaban J connectivity index is 0.00000144. The Kier molecular flexibility index (Phi) is 5.80. The maximum Gasteiger partial charge on any atom is 0.333 e. The minimum atomic E-state index is -0.234. The van der Waals surface area contributed by atoms with Crippen LogP contribution in [0.3, 0.4) is 0 Å². The van der Waals surface area contributed by atoms with Crippen molar-refractivity contribution in [2.24, 2.45) is 0 Å². The molecule has 0 radical (unpaired) electrons. The van der Waals surface area contributed by atoms with Crippen molar-refractivity contribution in [3.8, 4) is 0 Å². The minimum absolute atomic E-state index is 0. The van der Waals surface area contributed by atoms with E-state index in [1.807, 2.05) is 0 Å². The first-order chi connectivity index (χ1) is 5.70. The van der Waals surface area contributed by atoms with Gasteiger partial charge in [0.1, 0.15) is 6.10 Å². The summed E-state index contributed by atoms with van der Waals surface area (Å²) >= 11 is 0. The van der Waals surface area contributed by atoms with Gasteiger partial charge in [-0.3, -0.25) is 0 Å². The van der Waals surface area contributed by atoms with Gasteiger partial charge in [0.25, 0.3) is 0 Å². The first-order valence-corrected chi connectivity index (χ1v) is 4.56. The molecule has 1 fully saturated rings. The molecule has 0 spiro atoms. The number of ether oxygens (including phenoxy) is 1. The zero-order valence-corrected chi connectivity index (χ0v) is 8.86. The van der Waals surface area contributed by atoms with E-state index in [4.69, 9.17) is 4.74 Å². The fraction of sp³-hybridized carbons (Fsp3) is 0.700. The van der Waals surface area contributed by atoms with Crippen molar-refractivity contribution in [1.29, 1.82) is 0 Å². The molecule has 0 aromatic rings. The minimum Gasteiger partial charge on any atom is -0.459 e. The molecule has 0 aromatic heterocycles. The molecule has 0 atom stereocenters. The van der Waals surface area contributed by atoms with Crippen LogP contribution in [0.25, 0.3) is 0 Å². The summed E-state index contributed by atoms with van der Waals surface area (Å²) in [7, 11) is 0. The van der Waals surface area contributed by atoms with Crippen LogP contribution in [0.5, 0.6) is 0 Å². The van der Waals surface area contributed by atoms with Crippen molar-refractivity contribution < 1.29 is 9.53 Å². The number of carbonyl (C=O) groups excluding carboxylic acids is 1. The van der Waals surface area contributed by atoms with Crippen molar-refractivity contribution >= 4 is 18.4 Å². The highest BCUT2D eigenvalue weighted by Gasteiger charge is 2.17. The second-order valence-corrected chi connectivity index (χ2v) is 3.45. The molecule has 0 unspecified atom stereocenters. The van der Waals surface area contributed by atoms with E-state index < -0.39 is 0 Å². The SMILES string of the molecule is C=C(C)C(=O)OC1CCCCC1.Cl. The van der Waals surface area contributed by atoms with Gasteiger partial charge >= 0.3 is 5.97 Å². The zero-order valence-electron chi connectivity index (χ0n) is 8.04. The fourth-order valence-electron chi connectivity index (χ4n) is 1.43. The van der Waals surface area contributed by atoms with Crippen molar-refractivity contribution in [1.82, 2.24) is 0 Å². The lowest BCUT2D eigenvalue weighted by Gasteiger charge is -2.21. The first kappa shape index (κ1) is 12.5. The molecule has 0 aliphatic heterocycles. The summed E-state index contributed by atoms with van der Waals surface area (Å²) in [5.74, 6) is -0.234. The summed E-state index contributed by atoms with van der Waals surface area (Å²) in [5, 5.41) is 0. The zero-order chi connectivity index (χ0) is 8.97. The van der Waals surface area contributed by atoms with Crippen LogP contribution in [-0.2, 0) is 9.53 Å². The number of hydrogen-bond donors (Lipinski definition) is 0. The lowest BCUT2D eigenvalue weighted by Crippen LogP contribution is -2.20.